The molecule has 0 aliphatic rings. The Morgan fingerprint density at radius 1 is 1.15 bits per heavy atom. The fraction of sp³-hybridized carbons (Fsp3) is 0.238. The number of carboxylic acid groups (broad SMARTS) is 1. The van der Waals surface area contributed by atoms with Crippen molar-refractivity contribution in [1.82, 2.24) is 9.88 Å². The minimum absolute atomic E-state index is 0.205. The van der Waals surface area contributed by atoms with Crippen LogP contribution in [0.5, 0.6) is 5.75 Å². The molecule has 1 unspecified atom stereocenters. The molecule has 0 bridgehead atoms. The van der Waals surface area contributed by atoms with E-state index in [9.17, 15) is 9.59 Å². The number of hydrogen-bond donors (Lipinski definition) is 2. The van der Waals surface area contributed by atoms with E-state index in [1.165, 1.54) is 6.92 Å². The fourth-order valence-electron chi connectivity index (χ4n) is 2.79. The van der Waals surface area contributed by atoms with Gasteiger partial charge in [-0.1, -0.05) is 30.3 Å². The Labute approximate surface area is 157 Å². The maximum absolute atomic E-state index is 11.9. The predicted octanol–water partition coefficient (Wildman–Crippen LogP) is 3.20. The van der Waals surface area contributed by atoms with E-state index < -0.39 is 12.0 Å². The summed E-state index contributed by atoms with van der Waals surface area (Å²) in [4.78, 5) is 22.7. The molecule has 3 rings (SSSR count). The second kappa shape index (κ2) is 8.40. The standard InChI is InChI=1S/C21H22N2O4/c1-15(21(25)26)22-20(24)10-12-23-11-9-17-7-8-18(13-19(17)23)27-14-16-5-3-2-4-6-16/h2-9,11,13,15H,10,12,14H2,1H3,(H,22,24)(H,25,26). The van der Waals surface area contributed by atoms with Gasteiger partial charge in [0.05, 0.1) is 5.52 Å². The summed E-state index contributed by atoms with van der Waals surface area (Å²) in [7, 11) is 0. The lowest BCUT2D eigenvalue weighted by Crippen LogP contribution is -2.38. The Morgan fingerprint density at radius 2 is 1.93 bits per heavy atom. The molecule has 2 aromatic carbocycles. The molecular formula is C21H22N2O4. The van der Waals surface area contributed by atoms with Gasteiger partial charge in [-0.25, -0.2) is 0 Å². The van der Waals surface area contributed by atoms with Crippen LogP contribution in [0.25, 0.3) is 10.9 Å². The zero-order valence-electron chi connectivity index (χ0n) is 15.1. The predicted molar refractivity (Wildman–Crippen MR) is 103 cm³/mol. The maximum Gasteiger partial charge on any atom is 0.325 e. The minimum atomic E-state index is -1.05. The van der Waals surface area contributed by atoms with Gasteiger partial charge in [0.1, 0.15) is 18.4 Å². The van der Waals surface area contributed by atoms with Crippen LogP contribution in [0.2, 0.25) is 0 Å². The summed E-state index contributed by atoms with van der Waals surface area (Å²) in [5.74, 6) is -0.576. The van der Waals surface area contributed by atoms with Crippen molar-refractivity contribution in [3.63, 3.8) is 0 Å². The highest BCUT2D eigenvalue weighted by atomic mass is 16.5. The highest BCUT2D eigenvalue weighted by molar-refractivity contribution is 5.84. The van der Waals surface area contributed by atoms with Crippen LogP contribution in [-0.2, 0) is 22.7 Å². The van der Waals surface area contributed by atoms with Crippen molar-refractivity contribution in [2.75, 3.05) is 0 Å². The van der Waals surface area contributed by atoms with Crippen LogP contribution >= 0.6 is 0 Å². The van der Waals surface area contributed by atoms with Crippen molar-refractivity contribution in [2.45, 2.75) is 32.5 Å². The minimum Gasteiger partial charge on any atom is -0.489 e. The first-order valence-corrected chi connectivity index (χ1v) is 8.81. The molecule has 1 atom stereocenters. The lowest BCUT2D eigenvalue weighted by Gasteiger charge is -2.11. The summed E-state index contributed by atoms with van der Waals surface area (Å²) in [5.41, 5.74) is 2.07. The molecule has 140 valence electrons. The zero-order valence-corrected chi connectivity index (χ0v) is 15.1. The zero-order chi connectivity index (χ0) is 19.2. The van der Waals surface area contributed by atoms with Crippen LogP contribution in [0, 0.1) is 0 Å². The van der Waals surface area contributed by atoms with E-state index in [1.54, 1.807) is 0 Å². The van der Waals surface area contributed by atoms with Gasteiger partial charge in [0, 0.05) is 25.2 Å². The number of aliphatic carboxylic acids is 1. The van der Waals surface area contributed by atoms with Crippen molar-refractivity contribution in [3.05, 3.63) is 66.4 Å². The second-order valence-electron chi connectivity index (χ2n) is 6.38. The smallest absolute Gasteiger partial charge is 0.325 e. The van der Waals surface area contributed by atoms with E-state index in [0.717, 1.165) is 22.2 Å². The van der Waals surface area contributed by atoms with Crippen LogP contribution in [0.4, 0.5) is 0 Å². The summed E-state index contributed by atoms with van der Waals surface area (Å²) in [5, 5.41) is 12.4. The van der Waals surface area contributed by atoms with Crippen LogP contribution in [-0.4, -0.2) is 27.6 Å². The number of ether oxygens (including phenoxy) is 1. The average Bonchev–Trinajstić information content (AvgIpc) is 3.07. The number of carbonyl (C=O) groups excluding carboxylic acids is 1. The van der Waals surface area contributed by atoms with Gasteiger partial charge >= 0.3 is 5.97 Å². The number of nitrogens with one attached hydrogen (secondary N) is 1. The SMILES string of the molecule is CC(NC(=O)CCn1ccc2ccc(OCc3ccccc3)cc21)C(=O)O. The molecule has 2 N–H and O–H groups in total. The lowest BCUT2D eigenvalue weighted by molar-refractivity contribution is -0.141. The molecule has 0 spiro atoms. The van der Waals surface area contributed by atoms with E-state index in [4.69, 9.17) is 9.84 Å². The maximum atomic E-state index is 11.9. The van der Waals surface area contributed by atoms with Gasteiger partial charge in [0.2, 0.25) is 5.91 Å². The summed E-state index contributed by atoms with van der Waals surface area (Å²) < 4.78 is 7.84. The third kappa shape index (κ3) is 4.88. The quantitative estimate of drug-likeness (QED) is 0.642. The number of fused-ring (bicyclic) bond motifs is 1. The van der Waals surface area contributed by atoms with Crippen molar-refractivity contribution in [2.24, 2.45) is 0 Å². The molecular weight excluding hydrogens is 344 g/mol. The van der Waals surface area contributed by atoms with Gasteiger partial charge in [0.15, 0.2) is 0 Å². The fourth-order valence-corrected chi connectivity index (χ4v) is 2.79. The number of amides is 1. The Bertz CT molecular complexity index is 934. The topological polar surface area (TPSA) is 80.6 Å². The van der Waals surface area contributed by atoms with Crippen molar-refractivity contribution < 1.29 is 19.4 Å². The largest absolute Gasteiger partial charge is 0.489 e. The molecule has 1 heterocycles. The first kappa shape index (κ1) is 18.5. The second-order valence-corrected chi connectivity index (χ2v) is 6.38. The van der Waals surface area contributed by atoms with Crippen LogP contribution < -0.4 is 10.1 Å². The van der Waals surface area contributed by atoms with Crippen molar-refractivity contribution in [3.8, 4) is 5.75 Å². The van der Waals surface area contributed by atoms with E-state index in [-0.39, 0.29) is 12.3 Å². The summed E-state index contributed by atoms with van der Waals surface area (Å²) >= 11 is 0. The summed E-state index contributed by atoms with van der Waals surface area (Å²) in [6.07, 6.45) is 2.12. The molecule has 3 aromatic rings. The van der Waals surface area contributed by atoms with Crippen LogP contribution in [0.1, 0.15) is 18.9 Å². The Kier molecular flexibility index (Phi) is 5.76. The molecule has 0 aliphatic heterocycles. The Hall–Kier alpha value is -3.28. The van der Waals surface area contributed by atoms with E-state index in [1.807, 2.05) is 65.4 Å². The average molecular weight is 366 g/mol. The number of hydrogen-bond acceptors (Lipinski definition) is 3. The molecule has 0 fully saturated rings. The van der Waals surface area contributed by atoms with Crippen molar-refractivity contribution >= 4 is 22.8 Å². The van der Waals surface area contributed by atoms with Gasteiger partial charge < -0.3 is 19.7 Å². The normalized spacial score (nSPS) is 11.9. The molecule has 6 heteroatoms. The molecule has 27 heavy (non-hydrogen) atoms. The van der Waals surface area contributed by atoms with E-state index in [2.05, 4.69) is 5.32 Å². The van der Waals surface area contributed by atoms with Crippen molar-refractivity contribution in [1.29, 1.82) is 0 Å². The summed E-state index contributed by atoms with van der Waals surface area (Å²) in [6, 6.07) is 16.9. The highest BCUT2D eigenvalue weighted by Gasteiger charge is 2.14. The molecule has 1 aromatic heterocycles. The molecule has 6 nitrogen and oxygen atoms in total. The molecule has 0 aliphatic carbocycles. The number of carboxylic acids is 1. The van der Waals surface area contributed by atoms with Gasteiger partial charge in [0.25, 0.3) is 0 Å². The molecule has 0 saturated carbocycles. The number of nitrogens with zero attached hydrogens (tertiary/aromatic N) is 1. The number of benzene rings is 2. The Balaban J connectivity index is 1.64. The van der Waals surface area contributed by atoms with Gasteiger partial charge in [-0.2, -0.15) is 0 Å². The first-order valence-electron chi connectivity index (χ1n) is 8.81. The number of aromatic nitrogens is 1. The van der Waals surface area contributed by atoms with Gasteiger partial charge in [-0.3, -0.25) is 9.59 Å². The monoisotopic (exact) mass is 366 g/mol. The highest BCUT2D eigenvalue weighted by Crippen LogP contribution is 2.23. The number of carbonyl (C=O) groups is 2. The van der Waals surface area contributed by atoms with Crippen LogP contribution in [0.15, 0.2) is 60.8 Å². The number of rotatable bonds is 8. The third-order valence-corrected chi connectivity index (χ3v) is 4.32. The van der Waals surface area contributed by atoms with Gasteiger partial charge in [-0.05, 0) is 36.1 Å². The lowest BCUT2D eigenvalue weighted by atomic mass is 10.2. The molecule has 0 saturated heterocycles. The van der Waals surface area contributed by atoms with Gasteiger partial charge in [-0.15, -0.1) is 0 Å². The van der Waals surface area contributed by atoms with E-state index >= 15 is 0 Å². The molecule has 1 amide bonds. The Morgan fingerprint density at radius 3 is 2.67 bits per heavy atom. The summed E-state index contributed by atoms with van der Waals surface area (Å²) in [6.45, 7) is 2.40. The number of aryl methyl sites for hydroxylation is 1. The van der Waals surface area contributed by atoms with Crippen LogP contribution in [0.3, 0.4) is 0 Å². The third-order valence-electron chi connectivity index (χ3n) is 4.32. The first-order chi connectivity index (χ1) is 13.0. The van der Waals surface area contributed by atoms with E-state index in [0.29, 0.717) is 13.2 Å². The molecule has 0 radical (unpaired) electrons.